The van der Waals surface area contributed by atoms with Crippen molar-refractivity contribution < 1.29 is 14.7 Å². The van der Waals surface area contributed by atoms with Crippen LogP contribution in [0.4, 0.5) is 0 Å². The predicted octanol–water partition coefficient (Wildman–Crippen LogP) is 2.97. The van der Waals surface area contributed by atoms with Gasteiger partial charge >= 0.3 is 0 Å². The molecule has 0 saturated carbocycles. The van der Waals surface area contributed by atoms with Gasteiger partial charge < -0.3 is 14.9 Å². The van der Waals surface area contributed by atoms with Gasteiger partial charge in [-0.1, -0.05) is 44.2 Å². The molecule has 2 aliphatic rings. The minimum atomic E-state index is 0.0484. The summed E-state index contributed by atoms with van der Waals surface area (Å²) in [5, 5.41) is 9.90. The molecule has 29 heavy (non-hydrogen) atoms. The maximum absolute atomic E-state index is 12.7. The van der Waals surface area contributed by atoms with Crippen LogP contribution in [0.25, 0.3) is 0 Å². The lowest BCUT2D eigenvalue weighted by molar-refractivity contribution is -0.136. The third-order valence-corrected chi connectivity index (χ3v) is 6.73. The van der Waals surface area contributed by atoms with Crippen molar-refractivity contribution >= 4 is 11.8 Å². The Morgan fingerprint density at radius 3 is 2.38 bits per heavy atom. The van der Waals surface area contributed by atoms with Gasteiger partial charge in [0.1, 0.15) is 0 Å². The zero-order valence-electron chi connectivity index (χ0n) is 17.9. The maximum Gasteiger partial charge on any atom is 0.225 e. The van der Waals surface area contributed by atoms with E-state index in [1.807, 2.05) is 41.8 Å². The minimum Gasteiger partial charge on any atom is -0.396 e. The highest BCUT2D eigenvalue weighted by atomic mass is 16.3. The standard InChI is InChI=1S/C24H36N2O3/c1-18(2)24(29)25-13-11-20(12-14-25)22-16-26(15-21(22)17-27)23(28)10-6-9-19-7-4-3-5-8-19/h3-5,7-8,18,20-22,27H,6,9-17H2,1-2H3/t21-,22-/m0/s1. The molecule has 2 heterocycles. The van der Waals surface area contributed by atoms with Gasteiger partial charge in [0.15, 0.2) is 0 Å². The number of rotatable bonds is 7. The molecular formula is C24H36N2O3. The van der Waals surface area contributed by atoms with E-state index in [4.69, 9.17) is 0 Å². The van der Waals surface area contributed by atoms with Crippen LogP contribution in [0.2, 0.25) is 0 Å². The molecule has 2 atom stereocenters. The van der Waals surface area contributed by atoms with Crippen LogP contribution in [-0.2, 0) is 16.0 Å². The Labute approximate surface area is 175 Å². The van der Waals surface area contributed by atoms with Crippen LogP contribution < -0.4 is 0 Å². The molecule has 0 radical (unpaired) electrons. The number of amides is 2. The van der Waals surface area contributed by atoms with Gasteiger partial charge in [0.2, 0.25) is 11.8 Å². The number of hydrogen-bond donors (Lipinski definition) is 1. The lowest BCUT2D eigenvalue weighted by Gasteiger charge is -2.37. The second kappa shape index (κ2) is 10.2. The smallest absolute Gasteiger partial charge is 0.225 e. The summed E-state index contributed by atoms with van der Waals surface area (Å²) in [6.07, 6.45) is 4.32. The summed E-state index contributed by atoms with van der Waals surface area (Å²) in [6.45, 7) is 7.10. The zero-order valence-corrected chi connectivity index (χ0v) is 17.9. The van der Waals surface area contributed by atoms with Gasteiger partial charge in [-0.2, -0.15) is 0 Å². The first kappa shape index (κ1) is 21.8. The Morgan fingerprint density at radius 1 is 1.07 bits per heavy atom. The molecule has 0 aliphatic carbocycles. The lowest BCUT2D eigenvalue weighted by Crippen LogP contribution is -2.43. The number of carbonyl (C=O) groups is 2. The maximum atomic E-state index is 12.7. The molecule has 0 spiro atoms. The molecule has 3 rings (SSSR count). The highest BCUT2D eigenvalue weighted by Gasteiger charge is 2.40. The molecule has 0 bridgehead atoms. The molecule has 2 aliphatic heterocycles. The van der Waals surface area contributed by atoms with E-state index in [1.54, 1.807) is 0 Å². The van der Waals surface area contributed by atoms with E-state index in [1.165, 1.54) is 5.56 Å². The highest BCUT2D eigenvalue weighted by Crippen LogP contribution is 2.36. The van der Waals surface area contributed by atoms with E-state index in [0.29, 0.717) is 24.8 Å². The molecule has 1 N–H and O–H groups in total. The number of aryl methyl sites for hydroxylation is 1. The molecule has 2 amide bonds. The number of benzene rings is 1. The number of piperidine rings is 1. The van der Waals surface area contributed by atoms with Gasteiger partial charge in [-0.15, -0.1) is 0 Å². The fourth-order valence-corrected chi connectivity index (χ4v) is 4.99. The summed E-state index contributed by atoms with van der Waals surface area (Å²) in [5.74, 6) is 1.52. The summed E-state index contributed by atoms with van der Waals surface area (Å²) < 4.78 is 0. The van der Waals surface area contributed by atoms with E-state index in [0.717, 1.165) is 45.3 Å². The second-order valence-corrected chi connectivity index (χ2v) is 9.06. The normalized spacial score (nSPS) is 23.0. The van der Waals surface area contributed by atoms with Crippen molar-refractivity contribution in [3.8, 4) is 0 Å². The van der Waals surface area contributed by atoms with E-state index in [-0.39, 0.29) is 30.3 Å². The van der Waals surface area contributed by atoms with Gasteiger partial charge in [-0.05, 0) is 43.1 Å². The van der Waals surface area contributed by atoms with Crippen LogP contribution in [-0.4, -0.2) is 59.5 Å². The van der Waals surface area contributed by atoms with E-state index >= 15 is 0 Å². The van der Waals surface area contributed by atoms with Gasteiger partial charge in [-0.25, -0.2) is 0 Å². The number of hydrogen-bond acceptors (Lipinski definition) is 3. The fourth-order valence-electron chi connectivity index (χ4n) is 4.99. The number of likely N-dealkylation sites (tertiary alicyclic amines) is 2. The molecule has 2 fully saturated rings. The third kappa shape index (κ3) is 5.59. The lowest BCUT2D eigenvalue weighted by atomic mass is 9.78. The van der Waals surface area contributed by atoms with Crippen molar-refractivity contribution in [1.82, 2.24) is 9.80 Å². The summed E-state index contributed by atoms with van der Waals surface area (Å²) in [6, 6.07) is 10.3. The highest BCUT2D eigenvalue weighted by molar-refractivity contribution is 5.78. The third-order valence-electron chi connectivity index (χ3n) is 6.73. The Morgan fingerprint density at radius 2 is 1.76 bits per heavy atom. The van der Waals surface area contributed by atoms with Gasteiger partial charge in [0.05, 0.1) is 0 Å². The fraction of sp³-hybridized carbons (Fsp3) is 0.667. The van der Waals surface area contributed by atoms with Crippen LogP contribution in [0.15, 0.2) is 30.3 Å². The van der Waals surface area contributed by atoms with Crippen LogP contribution >= 0.6 is 0 Å². The molecular weight excluding hydrogens is 364 g/mol. The van der Waals surface area contributed by atoms with Crippen molar-refractivity contribution in [2.24, 2.45) is 23.7 Å². The number of aliphatic hydroxyl groups excluding tert-OH is 1. The first-order valence-electron chi connectivity index (χ1n) is 11.2. The van der Waals surface area contributed by atoms with E-state index < -0.39 is 0 Å². The Balaban J connectivity index is 1.48. The van der Waals surface area contributed by atoms with Crippen molar-refractivity contribution in [2.45, 2.75) is 46.0 Å². The van der Waals surface area contributed by atoms with Crippen molar-refractivity contribution in [3.05, 3.63) is 35.9 Å². The SMILES string of the molecule is CC(C)C(=O)N1CCC([C@@H]2CN(C(=O)CCCc3ccccc3)C[C@H]2CO)CC1. The second-order valence-electron chi connectivity index (χ2n) is 9.06. The largest absolute Gasteiger partial charge is 0.396 e. The van der Waals surface area contributed by atoms with Crippen LogP contribution in [0, 0.1) is 23.7 Å². The Kier molecular flexibility index (Phi) is 7.70. The average Bonchev–Trinajstić information content (AvgIpc) is 3.18. The van der Waals surface area contributed by atoms with Crippen molar-refractivity contribution in [1.29, 1.82) is 0 Å². The number of carbonyl (C=O) groups excluding carboxylic acids is 2. The van der Waals surface area contributed by atoms with Gasteiger partial charge in [0, 0.05) is 51.0 Å². The summed E-state index contributed by atoms with van der Waals surface area (Å²) >= 11 is 0. The Hall–Kier alpha value is -1.88. The molecule has 1 aromatic carbocycles. The van der Waals surface area contributed by atoms with E-state index in [2.05, 4.69) is 12.1 Å². The Bertz CT molecular complexity index is 668. The van der Waals surface area contributed by atoms with Gasteiger partial charge in [-0.3, -0.25) is 9.59 Å². The molecule has 5 nitrogen and oxygen atoms in total. The summed E-state index contributed by atoms with van der Waals surface area (Å²) in [5.41, 5.74) is 1.27. The number of aliphatic hydroxyl groups is 1. The molecule has 2 saturated heterocycles. The van der Waals surface area contributed by atoms with Crippen LogP contribution in [0.1, 0.15) is 45.1 Å². The first-order valence-corrected chi connectivity index (χ1v) is 11.2. The van der Waals surface area contributed by atoms with Crippen LogP contribution in [0.5, 0.6) is 0 Å². The monoisotopic (exact) mass is 400 g/mol. The van der Waals surface area contributed by atoms with Gasteiger partial charge in [0.25, 0.3) is 0 Å². The van der Waals surface area contributed by atoms with Crippen molar-refractivity contribution in [2.75, 3.05) is 32.8 Å². The molecule has 160 valence electrons. The van der Waals surface area contributed by atoms with E-state index in [9.17, 15) is 14.7 Å². The van der Waals surface area contributed by atoms with Crippen molar-refractivity contribution in [3.63, 3.8) is 0 Å². The molecule has 5 heteroatoms. The zero-order chi connectivity index (χ0) is 20.8. The molecule has 0 unspecified atom stereocenters. The first-order chi connectivity index (χ1) is 14.0. The molecule has 0 aromatic heterocycles. The van der Waals surface area contributed by atoms with Crippen LogP contribution in [0.3, 0.4) is 0 Å². The average molecular weight is 401 g/mol. The topological polar surface area (TPSA) is 60.9 Å². The summed E-state index contributed by atoms with van der Waals surface area (Å²) in [4.78, 5) is 28.9. The molecule has 1 aromatic rings. The summed E-state index contributed by atoms with van der Waals surface area (Å²) in [7, 11) is 0. The minimum absolute atomic E-state index is 0.0484. The number of nitrogens with zero attached hydrogens (tertiary/aromatic N) is 2. The quantitative estimate of drug-likeness (QED) is 0.765. The predicted molar refractivity (Wildman–Crippen MR) is 114 cm³/mol.